The Morgan fingerprint density at radius 2 is 1.65 bits per heavy atom. The summed E-state index contributed by atoms with van der Waals surface area (Å²) in [5.74, 6) is -0.312. The third kappa shape index (κ3) is 4.34. The van der Waals surface area contributed by atoms with Gasteiger partial charge in [0.25, 0.3) is 0 Å². The maximum absolute atomic E-state index is 11.5. The van der Waals surface area contributed by atoms with E-state index in [2.05, 4.69) is 0 Å². The van der Waals surface area contributed by atoms with E-state index in [0.717, 1.165) is 4.90 Å². The van der Waals surface area contributed by atoms with Crippen molar-refractivity contribution < 1.29 is 9.59 Å². The van der Waals surface area contributed by atoms with Crippen LogP contribution in [-0.2, 0) is 9.59 Å². The Labute approximate surface area is 115 Å². The van der Waals surface area contributed by atoms with Gasteiger partial charge in [-0.2, -0.15) is 0 Å². The maximum Gasteiger partial charge on any atom is 0.149 e. The molecule has 2 unspecified atom stereocenters. The molecule has 0 heterocycles. The zero-order valence-corrected chi connectivity index (χ0v) is 11.8. The zero-order chi connectivity index (χ0) is 13.0. The van der Waals surface area contributed by atoms with Crippen molar-refractivity contribution in [1.82, 2.24) is 0 Å². The molecule has 17 heavy (non-hydrogen) atoms. The standard InChI is InChI=1S/C12H12Cl2O2S/c1-7(15)11(14)12(8(2)16)17-10-5-3-9(13)4-6-10/h3-6,11-12H,1-2H3. The smallest absolute Gasteiger partial charge is 0.149 e. The first-order valence-electron chi connectivity index (χ1n) is 4.99. The molecule has 0 aliphatic rings. The lowest BCUT2D eigenvalue weighted by Crippen LogP contribution is -2.30. The SMILES string of the molecule is CC(=O)C(Cl)C(Sc1ccc(Cl)cc1)C(C)=O. The summed E-state index contributed by atoms with van der Waals surface area (Å²) in [6.45, 7) is 2.82. The molecule has 2 nitrogen and oxygen atoms in total. The number of benzene rings is 1. The molecule has 1 aromatic carbocycles. The normalized spacial score (nSPS) is 14.1. The summed E-state index contributed by atoms with van der Waals surface area (Å²) in [6, 6.07) is 7.07. The van der Waals surface area contributed by atoms with E-state index in [4.69, 9.17) is 23.2 Å². The Morgan fingerprint density at radius 1 is 1.12 bits per heavy atom. The van der Waals surface area contributed by atoms with Crippen LogP contribution in [0, 0.1) is 0 Å². The van der Waals surface area contributed by atoms with Gasteiger partial charge in [0, 0.05) is 9.92 Å². The van der Waals surface area contributed by atoms with Crippen LogP contribution in [0.4, 0.5) is 0 Å². The number of carbonyl (C=O) groups is 2. The van der Waals surface area contributed by atoms with Gasteiger partial charge >= 0.3 is 0 Å². The van der Waals surface area contributed by atoms with Gasteiger partial charge in [0.2, 0.25) is 0 Å². The van der Waals surface area contributed by atoms with Gasteiger partial charge < -0.3 is 0 Å². The van der Waals surface area contributed by atoms with Crippen molar-refractivity contribution in [2.75, 3.05) is 0 Å². The summed E-state index contributed by atoms with van der Waals surface area (Å²) in [5, 5.41) is -0.730. The van der Waals surface area contributed by atoms with Crippen molar-refractivity contribution >= 4 is 46.5 Å². The molecule has 0 saturated heterocycles. The number of ketones is 2. The average molecular weight is 291 g/mol. The van der Waals surface area contributed by atoms with E-state index in [-0.39, 0.29) is 11.6 Å². The van der Waals surface area contributed by atoms with Crippen LogP contribution in [0.2, 0.25) is 5.02 Å². The van der Waals surface area contributed by atoms with E-state index in [9.17, 15) is 9.59 Å². The van der Waals surface area contributed by atoms with Crippen molar-refractivity contribution in [2.24, 2.45) is 0 Å². The Morgan fingerprint density at radius 3 is 2.06 bits per heavy atom. The van der Waals surface area contributed by atoms with Crippen LogP contribution in [0.15, 0.2) is 29.2 Å². The highest BCUT2D eigenvalue weighted by Crippen LogP contribution is 2.29. The lowest BCUT2D eigenvalue weighted by Gasteiger charge is -2.16. The lowest BCUT2D eigenvalue weighted by atomic mass is 10.2. The van der Waals surface area contributed by atoms with Crippen molar-refractivity contribution in [1.29, 1.82) is 0 Å². The maximum atomic E-state index is 11.5. The minimum Gasteiger partial charge on any atom is -0.299 e. The predicted octanol–water partition coefficient (Wildman–Crippen LogP) is 3.59. The van der Waals surface area contributed by atoms with Gasteiger partial charge in [-0.3, -0.25) is 9.59 Å². The molecule has 0 aliphatic heterocycles. The number of hydrogen-bond acceptors (Lipinski definition) is 3. The molecule has 0 aromatic heterocycles. The second-order valence-electron chi connectivity index (χ2n) is 3.62. The Bertz CT molecular complexity index is 417. The molecule has 0 fully saturated rings. The predicted molar refractivity (Wildman–Crippen MR) is 72.1 cm³/mol. The first-order chi connectivity index (χ1) is 7.91. The van der Waals surface area contributed by atoms with Crippen LogP contribution in [0.5, 0.6) is 0 Å². The van der Waals surface area contributed by atoms with Crippen molar-refractivity contribution in [3.8, 4) is 0 Å². The molecule has 0 aliphatic carbocycles. The fourth-order valence-electron chi connectivity index (χ4n) is 1.22. The number of hydrogen-bond donors (Lipinski definition) is 0. The summed E-state index contributed by atoms with van der Waals surface area (Å²) in [5.41, 5.74) is 0. The van der Waals surface area contributed by atoms with E-state index < -0.39 is 10.6 Å². The molecule has 0 spiro atoms. The molecule has 0 bridgehead atoms. The average Bonchev–Trinajstić information content (AvgIpc) is 2.26. The molecular weight excluding hydrogens is 279 g/mol. The summed E-state index contributed by atoms with van der Waals surface area (Å²) in [7, 11) is 0. The van der Waals surface area contributed by atoms with Crippen LogP contribution >= 0.6 is 35.0 Å². The third-order valence-corrected chi connectivity index (χ3v) is 4.49. The third-order valence-electron chi connectivity index (χ3n) is 2.13. The van der Waals surface area contributed by atoms with Gasteiger partial charge in [-0.05, 0) is 38.1 Å². The van der Waals surface area contributed by atoms with E-state index in [1.807, 2.05) is 0 Å². The number of carbonyl (C=O) groups excluding carboxylic acids is 2. The van der Waals surface area contributed by atoms with Crippen LogP contribution in [0.25, 0.3) is 0 Å². The molecule has 1 aromatic rings. The van der Waals surface area contributed by atoms with Gasteiger partial charge in [0.15, 0.2) is 0 Å². The number of rotatable bonds is 5. The highest BCUT2D eigenvalue weighted by atomic mass is 35.5. The largest absolute Gasteiger partial charge is 0.299 e. The minimum absolute atomic E-state index is 0.111. The molecule has 92 valence electrons. The monoisotopic (exact) mass is 290 g/mol. The second kappa shape index (κ2) is 6.43. The van der Waals surface area contributed by atoms with Crippen molar-refractivity contribution in [2.45, 2.75) is 29.4 Å². The summed E-state index contributed by atoms with van der Waals surface area (Å²) >= 11 is 13.0. The second-order valence-corrected chi connectivity index (χ2v) is 5.74. The van der Waals surface area contributed by atoms with Crippen LogP contribution in [0.1, 0.15) is 13.8 Å². The van der Waals surface area contributed by atoms with Crippen molar-refractivity contribution in [3.05, 3.63) is 29.3 Å². The van der Waals surface area contributed by atoms with Crippen LogP contribution < -0.4 is 0 Å². The molecule has 2 atom stereocenters. The highest BCUT2D eigenvalue weighted by molar-refractivity contribution is 8.00. The van der Waals surface area contributed by atoms with Crippen LogP contribution in [0.3, 0.4) is 0 Å². The fraction of sp³-hybridized carbons (Fsp3) is 0.333. The number of halogens is 2. The molecule has 5 heteroatoms. The molecule has 0 N–H and O–H groups in total. The molecule has 0 saturated carbocycles. The van der Waals surface area contributed by atoms with E-state index in [1.54, 1.807) is 24.3 Å². The Balaban J connectivity index is 2.84. The Kier molecular flexibility index (Phi) is 5.50. The number of Topliss-reactive ketones (excluding diaryl/α,β-unsaturated/α-hetero) is 2. The van der Waals surface area contributed by atoms with Gasteiger partial charge in [-0.25, -0.2) is 0 Å². The lowest BCUT2D eigenvalue weighted by molar-refractivity contribution is -0.121. The minimum atomic E-state index is -0.798. The Hall–Kier alpha value is -0.510. The van der Waals surface area contributed by atoms with E-state index in [1.165, 1.54) is 25.6 Å². The molecule has 1 rings (SSSR count). The van der Waals surface area contributed by atoms with Gasteiger partial charge in [-0.1, -0.05) is 11.6 Å². The van der Waals surface area contributed by atoms with Gasteiger partial charge in [-0.15, -0.1) is 23.4 Å². The van der Waals surface area contributed by atoms with Crippen molar-refractivity contribution in [3.63, 3.8) is 0 Å². The van der Waals surface area contributed by atoms with E-state index in [0.29, 0.717) is 5.02 Å². The summed E-state index contributed by atoms with van der Waals surface area (Å²) in [4.78, 5) is 23.6. The van der Waals surface area contributed by atoms with E-state index >= 15 is 0 Å². The summed E-state index contributed by atoms with van der Waals surface area (Å²) < 4.78 is 0. The molecule has 0 radical (unpaired) electrons. The highest BCUT2D eigenvalue weighted by Gasteiger charge is 2.28. The van der Waals surface area contributed by atoms with Crippen LogP contribution in [-0.4, -0.2) is 22.2 Å². The molecular formula is C12H12Cl2O2S. The summed E-state index contributed by atoms with van der Waals surface area (Å²) in [6.07, 6.45) is 0. The number of thioether (sulfide) groups is 1. The first-order valence-corrected chi connectivity index (χ1v) is 6.68. The number of alkyl halides is 1. The van der Waals surface area contributed by atoms with Gasteiger partial charge in [0.1, 0.15) is 16.9 Å². The topological polar surface area (TPSA) is 34.1 Å². The first kappa shape index (κ1) is 14.6. The fourth-order valence-corrected chi connectivity index (χ4v) is 2.74. The quantitative estimate of drug-likeness (QED) is 0.614. The molecule has 0 amide bonds. The van der Waals surface area contributed by atoms with Gasteiger partial charge in [0.05, 0.1) is 5.25 Å². The zero-order valence-electron chi connectivity index (χ0n) is 9.44.